The van der Waals surface area contributed by atoms with Crippen LogP contribution in [0.15, 0.2) is 81.7 Å². The minimum absolute atomic E-state index is 0.0355. The van der Waals surface area contributed by atoms with E-state index in [1.165, 1.54) is 24.5 Å². The number of ether oxygens (including phenoxy) is 3. The Morgan fingerprint density at radius 1 is 1.07 bits per heavy atom. The molecule has 1 aliphatic heterocycles. The Balaban J connectivity index is 1.62. The monoisotopic (exact) mass is 741 g/mol. The van der Waals surface area contributed by atoms with Crippen LogP contribution < -0.4 is 29.1 Å². The van der Waals surface area contributed by atoms with Gasteiger partial charge in [0, 0.05) is 24.2 Å². The molecule has 0 unspecified atom stereocenters. The van der Waals surface area contributed by atoms with Gasteiger partial charge in [0.05, 0.1) is 33.6 Å². The molecular formula is C34H33FIN3O5S. The zero-order valence-electron chi connectivity index (χ0n) is 25.6. The molecule has 0 saturated heterocycles. The lowest BCUT2D eigenvalue weighted by molar-refractivity contribution is -0.127. The molecule has 8 nitrogen and oxygen atoms in total. The molecule has 0 bridgehead atoms. The summed E-state index contributed by atoms with van der Waals surface area (Å²) in [5, 5.41) is 0. The molecule has 45 heavy (non-hydrogen) atoms. The number of carbonyl (C=O) groups excluding carboxylic acids is 1. The summed E-state index contributed by atoms with van der Waals surface area (Å²) >= 11 is 3.39. The van der Waals surface area contributed by atoms with Gasteiger partial charge in [-0.1, -0.05) is 47.7 Å². The number of hydrogen-bond acceptors (Lipinski definition) is 7. The van der Waals surface area contributed by atoms with Crippen molar-refractivity contribution in [3.8, 4) is 17.2 Å². The first-order chi connectivity index (χ1) is 21.7. The van der Waals surface area contributed by atoms with E-state index in [0.29, 0.717) is 67.6 Å². The van der Waals surface area contributed by atoms with Crippen LogP contribution in [0.4, 0.5) is 4.39 Å². The molecule has 2 heterocycles. The molecule has 4 aromatic rings. The smallest absolute Gasteiger partial charge is 0.271 e. The van der Waals surface area contributed by atoms with Crippen molar-refractivity contribution in [2.75, 3.05) is 27.3 Å². The van der Waals surface area contributed by atoms with Crippen LogP contribution in [0.25, 0.3) is 6.08 Å². The third kappa shape index (κ3) is 6.41. The summed E-state index contributed by atoms with van der Waals surface area (Å²) in [7, 11) is 3.10. The number of thiazole rings is 1. The van der Waals surface area contributed by atoms with Crippen molar-refractivity contribution in [2.45, 2.75) is 33.4 Å². The van der Waals surface area contributed by atoms with Crippen LogP contribution >= 0.6 is 33.9 Å². The van der Waals surface area contributed by atoms with Crippen LogP contribution in [-0.4, -0.2) is 42.7 Å². The van der Waals surface area contributed by atoms with Crippen molar-refractivity contribution in [1.82, 2.24) is 9.47 Å². The first kappa shape index (κ1) is 32.4. The average Bonchev–Trinajstić information content (AvgIpc) is 3.34. The van der Waals surface area contributed by atoms with Crippen LogP contribution in [0.5, 0.6) is 17.2 Å². The van der Waals surface area contributed by atoms with Gasteiger partial charge in [-0.05, 0) is 79.3 Å². The fourth-order valence-electron chi connectivity index (χ4n) is 5.34. The maximum Gasteiger partial charge on any atom is 0.271 e. The summed E-state index contributed by atoms with van der Waals surface area (Å²) < 4.78 is 34.2. The van der Waals surface area contributed by atoms with Crippen molar-refractivity contribution in [3.05, 3.63) is 118 Å². The highest BCUT2D eigenvalue weighted by atomic mass is 127. The second-order valence-corrected chi connectivity index (χ2v) is 12.4. The summed E-state index contributed by atoms with van der Waals surface area (Å²) in [5.41, 5.74) is 2.56. The van der Waals surface area contributed by atoms with Crippen LogP contribution in [0, 0.1) is 9.39 Å². The van der Waals surface area contributed by atoms with Crippen molar-refractivity contribution in [1.29, 1.82) is 0 Å². The maximum atomic E-state index is 14.2. The van der Waals surface area contributed by atoms with Gasteiger partial charge in [0.2, 0.25) is 0 Å². The highest BCUT2D eigenvalue weighted by molar-refractivity contribution is 14.1. The predicted molar refractivity (Wildman–Crippen MR) is 181 cm³/mol. The standard InChI is InChI=1S/C34H33FIN3O5S/c1-6-38(7-2)33(41)29-20(3)37-34-39(30(29)23-13-9-11-15-26(23)42-4)32(40)28(45-34)18-21-16-25(36)31(27(17-21)43-5)44-19-22-12-8-10-14-24(22)35/h8-18,30H,6-7,19H2,1-5H3/b28-18+/t30-/m1/s1. The number of fused-ring (bicyclic) bond motifs is 1. The van der Waals surface area contributed by atoms with Crippen LogP contribution in [0.3, 0.4) is 0 Å². The van der Waals surface area contributed by atoms with E-state index in [2.05, 4.69) is 22.6 Å². The highest BCUT2D eigenvalue weighted by Crippen LogP contribution is 2.37. The van der Waals surface area contributed by atoms with E-state index in [1.54, 1.807) is 46.9 Å². The van der Waals surface area contributed by atoms with Gasteiger partial charge in [-0.2, -0.15) is 0 Å². The number of halogens is 2. The lowest BCUT2D eigenvalue weighted by atomic mass is 9.94. The van der Waals surface area contributed by atoms with E-state index in [0.717, 1.165) is 3.57 Å². The summed E-state index contributed by atoms with van der Waals surface area (Å²) in [5.74, 6) is 0.985. The SMILES string of the molecule is CCN(CC)C(=O)C1=C(C)N=c2s/c(=C/c3cc(I)c(OCc4ccccc4F)c(OC)c3)c(=O)n2[C@@H]1c1ccccc1OC. The second-order valence-electron chi connectivity index (χ2n) is 10.2. The number of benzene rings is 3. The molecule has 0 radical (unpaired) electrons. The Hall–Kier alpha value is -3.97. The van der Waals surface area contributed by atoms with Crippen LogP contribution in [-0.2, 0) is 11.4 Å². The molecule has 5 rings (SSSR count). The van der Waals surface area contributed by atoms with Gasteiger partial charge in [-0.15, -0.1) is 0 Å². The first-order valence-corrected chi connectivity index (χ1v) is 16.3. The minimum Gasteiger partial charge on any atom is -0.496 e. The van der Waals surface area contributed by atoms with Gasteiger partial charge in [-0.3, -0.25) is 14.2 Å². The maximum absolute atomic E-state index is 14.2. The molecule has 0 aliphatic carbocycles. The lowest BCUT2D eigenvalue weighted by Crippen LogP contribution is -2.43. The van der Waals surface area contributed by atoms with Gasteiger partial charge in [0.1, 0.15) is 24.2 Å². The van der Waals surface area contributed by atoms with Gasteiger partial charge >= 0.3 is 0 Å². The molecule has 1 atom stereocenters. The molecule has 0 fully saturated rings. The molecule has 11 heteroatoms. The van der Waals surface area contributed by atoms with Gasteiger partial charge in [0.25, 0.3) is 11.5 Å². The van der Waals surface area contributed by atoms with Crippen molar-refractivity contribution >= 4 is 45.9 Å². The molecule has 0 spiro atoms. The van der Waals surface area contributed by atoms with E-state index < -0.39 is 6.04 Å². The number of allylic oxidation sites excluding steroid dienone is 1. The largest absolute Gasteiger partial charge is 0.496 e. The minimum atomic E-state index is -0.725. The number of carbonyl (C=O) groups is 1. The van der Waals surface area contributed by atoms with E-state index in [9.17, 15) is 14.0 Å². The van der Waals surface area contributed by atoms with E-state index in [4.69, 9.17) is 19.2 Å². The van der Waals surface area contributed by atoms with Gasteiger partial charge in [0.15, 0.2) is 16.3 Å². The summed E-state index contributed by atoms with van der Waals surface area (Å²) in [6.07, 6.45) is 1.78. The molecule has 1 aliphatic rings. The molecule has 1 amide bonds. The zero-order chi connectivity index (χ0) is 32.2. The fourth-order valence-corrected chi connectivity index (χ4v) is 7.17. The van der Waals surface area contributed by atoms with E-state index >= 15 is 0 Å². The number of likely N-dealkylation sites (N-methyl/N-ethyl adjacent to an activating group) is 1. The highest BCUT2D eigenvalue weighted by Gasteiger charge is 2.35. The fraction of sp³-hybridized carbons (Fsp3) is 0.265. The van der Waals surface area contributed by atoms with Crippen molar-refractivity contribution < 1.29 is 23.4 Å². The summed E-state index contributed by atoms with van der Waals surface area (Å²) in [6.45, 7) is 6.75. The van der Waals surface area contributed by atoms with Gasteiger partial charge < -0.3 is 19.1 Å². The van der Waals surface area contributed by atoms with Crippen LogP contribution in [0.2, 0.25) is 0 Å². The quantitative estimate of drug-likeness (QED) is 0.202. The Bertz CT molecular complexity index is 1960. The average molecular weight is 742 g/mol. The molecule has 1 aromatic heterocycles. The predicted octanol–water partition coefficient (Wildman–Crippen LogP) is 5.44. The topological polar surface area (TPSA) is 82.4 Å². The first-order valence-electron chi connectivity index (χ1n) is 14.4. The number of aromatic nitrogens is 1. The zero-order valence-corrected chi connectivity index (χ0v) is 28.6. The Morgan fingerprint density at radius 3 is 2.44 bits per heavy atom. The van der Waals surface area contributed by atoms with Crippen molar-refractivity contribution in [3.63, 3.8) is 0 Å². The molecule has 0 N–H and O–H groups in total. The number of para-hydroxylation sites is 1. The van der Waals surface area contributed by atoms with E-state index in [-0.39, 0.29) is 23.9 Å². The number of methoxy groups -OCH3 is 2. The van der Waals surface area contributed by atoms with Crippen molar-refractivity contribution in [2.24, 2.45) is 4.99 Å². The van der Waals surface area contributed by atoms with Crippen LogP contribution in [0.1, 0.15) is 43.5 Å². The van der Waals surface area contributed by atoms with Gasteiger partial charge in [-0.25, -0.2) is 9.38 Å². The molecule has 0 saturated carbocycles. The number of rotatable bonds is 10. The Morgan fingerprint density at radius 2 is 1.76 bits per heavy atom. The molecular weight excluding hydrogens is 708 g/mol. The normalized spacial score (nSPS) is 14.6. The lowest BCUT2D eigenvalue weighted by Gasteiger charge is -2.29. The number of nitrogens with zero attached hydrogens (tertiary/aromatic N) is 3. The van der Waals surface area contributed by atoms with E-state index in [1.807, 2.05) is 51.1 Å². The third-order valence-corrected chi connectivity index (χ3v) is 9.40. The Kier molecular flexibility index (Phi) is 10.1. The third-order valence-electron chi connectivity index (χ3n) is 7.62. The number of hydrogen-bond donors (Lipinski definition) is 0. The number of amides is 1. The second kappa shape index (κ2) is 14.0. The molecule has 234 valence electrons. The Labute approximate surface area is 278 Å². The molecule has 3 aromatic carbocycles. The summed E-state index contributed by atoms with van der Waals surface area (Å²) in [4.78, 5) is 35.0. The summed E-state index contributed by atoms with van der Waals surface area (Å²) in [6, 6.07) is 16.8.